The van der Waals surface area contributed by atoms with E-state index in [-0.39, 0.29) is 24.6 Å². The summed E-state index contributed by atoms with van der Waals surface area (Å²) >= 11 is 0. The predicted molar refractivity (Wildman–Crippen MR) is 101 cm³/mol. The number of carbonyl (C=O) groups excluding carboxylic acids is 2. The highest BCUT2D eigenvalue weighted by atomic mass is 16.6. The lowest BCUT2D eigenvalue weighted by Crippen LogP contribution is -2.48. The second kappa shape index (κ2) is 9.98. The van der Waals surface area contributed by atoms with E-state index in [0.717, 1.165) is 24.4 Å². The topological polar surface area (TPSA) is 88.2 Å². The number of nitrogens with zero attached hydrogens (tertiary/aromatic N) is 2. The molecular formula is C20H27N3O5. The molecule has 2 aromatic heterocycles. The van der Waals surface area contributed by atoms with Crippen LogP contribution in [-0.4, -0.2) is 54.1 Å². The molecule has 3 rings (SSSR count). The first-order chi connectivity index (χ1) is 13.6. The lowest BCUT2D eigenvalue weighted by Gasteiger charge is -2.32. The molecule has 0 radical (unpaired) electrons. The number of nitrogens with one attached hydrogen (secondary N) is 1. The average Bonchev–Trinajstić information content (AvgIpc) is 3.36. The summed E-state index contributed by atoms with van der Waals surface area (Å²) in [6.07, 6.45) is 4.41. The molecule has 1 fully saturated rings. The van der Waals surface area contributed by atoms with E-state index in [1.54, 1.807) is 24.3 Å². The van der Waals surface area contributed by atoms with Crippen molar-refractivity contribution in [1.82, 2.24) is 15.1 Å². The van der Waals surface area contributed by atoms with Gasteiger partial charge in [-0.1, -0.05) is 0 Å². The number of hydrogen-bond acceptors (Lipinski definition) is 6. The molecular weight excluding hydrogens is 362 g/mol. The lowest BCUT2D eigenvalue weighted by atomic mass is 10.1. The molecule has 0 aromatic carbocycles. The second-order valence-electron chi connectivity index (χ2n) is 6.83. The van der Waals surface area contributed by atoms with E-state index >= 15 is 0 Å². The fourth-order valence-electron chi connectivity index (χ4n) is 3.31. The van der Waals surface area contributed by atoms with Crippen molar-refractivity contribution in [2.24, 2.45) is 0 Å². The summed E-state index contributed by atoms with van der Waals surface area (Å²) in [5.41, 5.74) is 0. The van der Waals surface area contributed by atoms with Crippen LogP contribution in [0.4, 0.5) is 4.79 Å². The molecule has 0 atom stereocenters. The molecule has 152 valence electrons. The number of carbonyl (C=O) groups is 2. The minimum Gasteiger partial charge on any atom is -0.468 e. The molecule has 8 heteroatoms. The van der Waals surface area contributed by atoms with Crippen LogP contribution in [-0.2, 0) is 22.6 Å². The Morgan fingerprint density at radius 1 is 1.14 bits per heavy atom. The summed E-state index contributed by atoms with van der Waals surface area (Å²) in [5.74, 6) is 1.54. The van der Waals surface area contributed by atoms with E-state index in [0.29, 0.717) is 32.8 Å². The van der Waals surface area contributed by atoms with E-state index in [1.807, 2.05) is 29.2 Å². The van der Waals surface area contributed by atoms with Gasteiger partial charge in [0.2, 0.25) is 5.91 Å². The van der Waals surface area contributed by atoms with Crippen LogP contribution < -0.4 is 5.32 Å². The Hall–Kier alpha value is -2.74. The Morgan fingerprint density at radius 3 is 2.25 bits per heavy atom. The predicted octanol–water partition coefficient (Wildman–Crippen LogP) is 2.61. The second-order valence-corrected chi connectivity index (χ2v) is 6.83. The molecule has 0 aliphatic carbocycles. The number of amides is 2. The van der Waals surface area contributed by atoms with E-state index in [4.69, 9.17) is 13.6 Å². The molecule has 0 unspecified atom stereocenters. The zero-order valence-corrected chi connectivity index (χ0v) is 16.1. The molecule has 3 heterocycles. The Kier molecular flexibility index (Phi) is 7.13. The zero-order valence-electron chi connectivity index (χ0n) is 16.1. The van der Waals surface area contributed by atoms with Gasteiger partial charge in [-0.3, -0.25) is 9.69 Å². The van der Waals surface area contributed by atoms with Crippen LogP contribution in [0.1, 0.15) is 31.3 Å². The molecule has 2 amide bonds. The summed E-state index contributed by atoms with van der Waals surface area (Å²) in [4.78, 5) is 28.0. The molecule has 0 saturated carbocycles. The molecule has 1 aliphatic heterocycles. The smallest absolute Gasteiger partial charge is 0.409 e. The first-order valence-corrected chi connectivity index (χ1v) is 9.62. The number of hydrogen-bond donors (Lipinski definition) is 1. The molecule has 2 aromatic rings. The van der Waals surface area contributed by atoms with Crippen molar-refractivity contribution in [2.45, 2.75) is 38.9 Å². The monoisotopic (exact) mass is 389 g/mol. The minimum atomic E-state index is -0.282. The fraction of sp³-hybridized carbons (Fsp3) is 0.500. The first-order valence-electron chi connectivity index (χ1n) is 9.62. The van der Waals surface area contributed by atoms with Crippen molar-refractivity contribution in [3.8, 4) is 0 Å². The van der Waals surface area contributed by atoms with Crippen molar-refractivity contribution >= 4 is 12.0 Å². The van der Waals surface area contributed by atoms with Gasteiger partial charge in [0.05, 0.1) is 38.8 Å². The Bertz CT molecular complexity index is 685. The van der Waals surface area contributed by atoms with Gasteiger partial charge in [0.25, 0.3) is 0 Å². The molecule has 8 nitrogen and oxygen atoms in total. The van der Waals surface area contributed by atoms with Gasteiger partial charge in [0.1, 0.15) is 11.5 Å². The van der Waals surface area contributed by atoms with E-state index in [9.17, 15) is 9.59 Å². The van der Waals surface area contributed by atoms with Gasteiger partial charge in [0.15, 0.2) is 0 Å². The normalized spacial score (nSPS) is 15.0. The number of furan rings is 2. The van der Waals surface area contributed by atoms with Gasteiger partial charge in [-0.2, -0.15) is 0 Å². The maximum absolute atomic E-state index is 12.6. The molecule has 1 N–H and O–H groups in total. The Balaban J connectivity index is 1.49. The van der Waals surface area contributed by atoms with Crippen LogP contribution in [0.2, 0.25) is 0 Å². The van der Waals surface area contributed by atoms with Gasteiger partial charge in [-0.15, -0.1) is 0 Å². The number of likely N-dealkylation sites (tertiary alicyclic amines) is 1. The number of rotatable bonds is 8. The molecule has 1 aliphatic rings. The fourth-order valence-corrected chi connectivity index (χ4v) is 3.31. The Morgan fingerprint density at radius 2 is 1.75 bits per heavy atom. The van der Waals surface area contributed by atoms with Crippen LogP contribution in [0.25, 0.3) is 0 Å². The molecule has 0 bridgehead atoms. The van der Waals surface area contributed by atoms with Crippen LogP contribution in [0, 0.1) is 0 Å². The SMILES string of the molecule is CCOC(=O)N1CCC(NC(=O)CN(Cc2ccco2)Cc2ccco2)CC1. The van der Waals surface area contributed by atoms with Crippen molar-refractivity contribution < 1.29 is 23.2 Å². The number of ether oxygens (including phenoxy) is 1. The largest absolute Gasteiger partial charge is 0.468 e. The third kappa shape index (κ3) is 5.88. The highest BCUT2D eigenvalue weighted by Gasteiger charge is 2.25. The van der Waals surface area contributed by atoms with Crippen LogP contribution in [0.15, 0.2) is 45.6 Å². The summed E-state index contributed by atoms with van der Waals surface area (Å²) in [7, 11) is 0. The summed E-state index contributed by atoms with van der Waals surface area (Å²) in [5, 5.41) is 3.08. The molecule has 1 saturated heterocycles. The van der Waals surface area contributed by atoms with Crippen molar-refractivity contribution in [3.63, 3.8) is 0 Å². The summed E-state index contributed by atoms with van der Waals surface area (Å²) in [6, 6.07) is 7.50. The van der Waals surface area contributed by atoms with Gasteiger partial charge >= 0.3 is 6.09 Å². The maximum Gasteiger partial charge on any atom is 0.409 e. The summed E-state index contributed by atoms with van der Waals surface area (Å²) < 4.78 is 15.9. The van der Waals surface area contributed by atoms with Crippen molar-refractivity contribution in [1.29, 1.82) is 0 Å². The third-order valence-corrected chi connectivity index (χ3v) is 4.67. The van der Waals surface area contributed by atoms with Crippen molar-refractivity contribution in [2.75, 3.05) is 26.2 Å². The quantitative estimate of drug-likeness (QED) is 0.747. The van der Waals surface area contributed by atoms with Gasteiger partial charge < -0.3 is 23.8 Å². The Labute approximate surface area is 164 Å². The van der Waals surface area contributed by atoms with Gasteiger partial charge in [-0.05, 0) is 44.0 Å². The van der Waals surface area contributed by atoms with Crippen LogP contribution >= 0.6 is 0 Å². The maximum atomic E-state index is 12.6. The van der Waals surface area contributed by atoms with E-state index < -0.39 is 0 Å². The highest BCUT2D eigenvalue weighted by molar-refractivity contribution is 5.78. The number of piperidine rings is 1. The zero-order chi connectivity index (χ0) is 19.8. The lowest BCUT2D eigenvalue weighted by molar-refractivity contribution is -0.123. The van der Waals surface area contributed by atoms with E-state index in [2.05, 4.69) is 5.32 Å². The van der Waals surface area contributed by atoms with E-state index in [1.165, 1.54) is 0 Å². The van der Waals surface area contributed by atoms with Crippen molar-refractivity contribution in [3.05, 3.63) is 48.3 Å². The molecule has 28 heavy (non-hydrogen) atoms. The summed E-state index contributed by atoms with van der Waals surface area (Å²) in [6.45, 7) is 4.61. The highest BCUT2D eigenvalue weighted by Crippen LogP contribution is 2.13. The standard InChI is InChI=1S/C20H27N3O5/c1-2-26-20(25)23-9-7-16(8-10-23)21-19(24)15-22(13-17-5-3-11-27-17)14-18-6-4-12-28-18/h3-6,11-12,16H,2,7-10,13-15H2,1H3,(H,21,24). The average molecular weight is 389 g/mol. The molecule has 0 spiro atoms. The first kappa shape index (κ1) is 20.0. The van der Waals surface area contributed by atoms with Gasteiger partial charge in [0, 0.05) is 19.1 Å². The third-order valence-electron chi connectivity index (χ3n) is 4.67. The minimum absolute atomic E-state index is 0.0484. The van der Waals surface area contributed by atoms with Gasteiger partial charge in [-0.25, -0.2) is 4.79 Å². The van der Waals surface area contributed by atoms with Crippen LogP contribution in [0.3, 0.4) is 0 Å². The van der Waals surface area contributed by atoms with Crippen LogP contribution in [0.5, 0.6) is 0 Å².